The number of rotatable bonds is 6. The average Bonchev–Trinajstić information content (AvgIpc) is 3.46. The minimum Gasteiger partial charge on any atom is -0.392 e. The zero-order chi connectivity index (χ0) is 24.9. The van der Waals surface area contributed by atoms with E-state index in [1.165, 1.54) is 11.3 Å². The Morgan fingerprint density at radius 1 is 1.17 bits per heavy atom. The number of carbonyl (C=O) groups excluding carboxylic acids is 2. The molecule has 1 unspecified atom stereocenters. The molecule has 5 rings (SSSR count). The lowest BCUT2D eigenvalue weighted by molar-refractivity contribution is 0.0715. The molecule has 2 amide bonds. The Kier molecular flexibility index (Phi) is 5.75. The van der Waals surface area contributed by atoms with Gasteiger partial charge in [0.2, 0.25) is 0 Å². The van der Waals surface area contributed by atoms with Crippen LogP contribution in [0.2, 0.25) is 0 Å². The van der Waals surface area contributed by atoms with Crippen LogP contribution in [0.1, 0.15) is 76.8 Å². The van der Waals surface area contributed by atoms with Gasteiger partial charge in [0.15, 0.2) is 0 Å². The molecule has 3 N–H and O–H groups in total. The summed E-state index contributed by atoms with van der Waals surface area (Å²) in [6, 6.07) is 13.2. The Balaban J connectivity index is 1.32. The molecule has 1 aliphatic carbocycles. The number of carbonyl (C=O) groups is 2. The van der Waals surface area contributed by atoms with Gasteiger partial charge in [-0.15, -0.1) is 0 Å². The number of nitrogens with one attached hydrogen (secondary N) is 2. The molecular formula is C28H32N4O3. The van der Waals surface area contributed by atoms with E-state index < -0.39 is 6.10 Å². The van der Waals surface area contributed by atoms with Crippen LogP contribution >= 0.6 is 0 Å². The first-order valence-electron chi connectivity index (χ1n) is 12.2. The van der Waals surface area contributed by atoms with Crippen LogP contribution in [0.4, 0.5) is 0 Å². The Bertz CT molecular complexity index is 1290. The highest BCUT2D eigenvalue weighted by molar-refractivity contribution is 5.99. The van der Waals surface area contributed by atoms with Crippen molar-refractivity contribution in [2.45, 2.75) is 59.2 Å². The second kappa shape index (κ2) is 8.64. The summed E-state index contributed by atoms with van der Waals surface area (Å²) in [4.78, 5) is 27.3. The maximum absolute atomic E-state index is 13.2. The van der Waals surface area contributed by atoms with E-state index in [0.717, 1.165) is 40.8 Å². The molecule has 1 aromatic heterocycles. The number of hydrogen-bond donors (Lipinski definition) is 3. The normalized spacial score (nSPS) is 17.7. The van der Waals surface area contributed by atoms with Crippen molar-refractivity contribution in [3.8, 4) is 11.3 Å². The third kappa shape index (κ3) is 4.36. The average molecular weight is 473 g/mol. The van der Waals surface area contributed by atoms with E-state index in [9.17, 15) is 14.7 Å². The number of nitrogens with zero attached hydrogens (tertiary/aromatic N) is 2. The second-order valence-corrected chi connectivity index (χ2v) is 10.7. The van der Waals surface area contributed by atoms with Gasteiger partial charge in [-0.05, 0) is 67.5 Å². The summed E-state index contributed by atoms with van der Waals surface area (Å²) in [5, 5.41) is 19.9. The van der Waals surface area contributed by atoms with Gasteiger partial charge in [-0.25, -0.2) is 0 Å². The summed E-state index contributed by atoms with van der Waals surface area (Å²) in [5.41, 5.74) is 8.05. The van der Waals surface area contributed by atoms with Crippen LogP contribution in [-0.2, 0) is 19.4 Å². The SMILES string of the molecule is CC(O)CNC(=O)c1ccc([C@@H](C)N2Cc3cc(-c4n[nH]c5c4CC(C)(C)C5)ccc3C2=O)cc1. The molecule has 2 aliphatic rings. The Morgan fingerprint density at radius 3 is 2.63 bits per heavy atom. The van der Waals surface area contributed by atoms with Crippen molar-refractivity contribution in [2.75, 3.05) is 6.54 Å². The van der Waals surface area contributed by atoms with E-state index in [4.69, 9.17) is 0 Å². The number of aromatic nitrogens is 2. The maximum atomic E-state index is 13.2. The quantitative estimate of drug-likeness (QED) is 0.505. The van der Waals surface area contributed by atoms with Gasteiger partial charge in [-0.1, -0.05) is 32.0 Å². The van der Waals surface area contributed by atoms with Crippen molar-refractivity contribution in [2.24, 2.45) is 5.41 Å². The number of fused-ring (bicyclic) bond motifs is 2. The van der Waals surface area contributed by atoms with Gasteiger partial charge in [-0.2, -0.15) is 5.10 Å². The zero-order valence-corrected chi connectivity index (χ0v) is 20.7. The van der Waals surface area contributed by atoms with Crippen LogP contribution in [0.15, 0.2) is 42.5 Å². The lowest BCUT2D eigenvalue weighted by Crippen LogP contribution is -2.30. The molecule has 7 nitrogen and oxygen atoms in total. The van der Waals surface area contributed by atoms with E-state index in [1.54, 1.807) is 19.1 Å². The molecule has 1 aliphatic heterocycles. The number of aromatic amines is 1. The fourth-order valence-electron chi connectivity index (χ4n) is 5.24. The fraction of sp³-hybridized carbons (Fsp3) is 0.393. The molecule has 0 saturated heterocycles. The minimum atomic E-state index is -0.595. The van der Waals surface area contributed by atoms with Gasteiger partial charge in [0.25, 0.3) is 11.8 Å². The monoisotopic (exact) mass is 472 g/mol. The highest BCUT2D eigenvalue weighted by atomic mass is 16.3. The molecule has 182 valence electrons. The zero-order valence-electron chi connectivity index (χ0n) is 20.7. The summed E-state index contributed by atoms with van der Waals surface area (Å²) >= 11 is 0. The molecule has 0 saturated carbocycles. The fourth-order valence-corrected chi connectivity index (χ4v) is 5.24. The van der Waals surface area contributed by atoms with Gasteiger partial charge in [0.05, 0.1) is 17.8 Å². The summed E-state index contributed by atoms with van der Waals surface area (Å²) < 4.78 is 0. The van der Waals surface area contributed by atoms with Crippen LogP contribution in [-0.4, -0.2) is 44.7 Å². The maximum Gasteiger partial charge on any atom is 0.255 e. The number of amides is 2. The molecule has 2 aromatic carbocycles. The molecule has 0 spiro atoms. The number of aliphatic hydroxyl groups excluding tert-OH is 1. The predicted octanol–water partition coefficient (Wildman–Crippen LogP) is 4.03. The molecule has 0 bridgehead atoms. The first kappa shape index (κ1) is 23.3. The molecular weight excluding hydrogens is 440 g/mol. The number of hydrogen-bond acceptors (Lipinski definition) is 4. The van der Waals surface area contributed by atoms with Crippen LogP contribution < -0.4 is 5.32 Å². The third-order valence-corrected chi connectivity index (χ3v) is 7.15. The van der Waals surface area contributed by atoms with Gasteiger partial charge >= 0.3 is 0 Å². The first-order valence-corrected chi connectivity index (χ1v) is 12.2. The molecule has 2 heterocycles. The van der Waals surface area contributed by atoms with Gasteiger partial charge in [-0.3, -0.25) is 14.7 Å². The Morgan fingerprint density at radius 2 is 1.91 bits per heavy atom. The predicted molar refractivity (Wildman–Crippen MR) is 134 cm³/mol. The highest BCUT2D eigenvalue weighted by Crippen LogP contribution is 2.41. The summed E-state index contributed by atoms with van der Waals surface area (Å²) in [5.74, 6) is -0.207. The first-order chi connectivity index (χ1) is 16.6. The molecule has 7 heteroatoms. The van der Waals surface area contributed by atoms with Gasteiger partial charge in [0, 0.05) is 41.0 Å². The lowest BCUT2D eigenvalue weighted by Gasteiger charge is -2.24. The van der Waals surface area contributed by atoms with Crippen molar-refractivity contribution in [1.82, 2.24) is 20.4 Å². The van der Waals surface area contributed by atoms with Crippen LogP contribution in [0.5, 0.6) is 0 Å². The van der Waals surface area contributed by atoms with Gasteiger partial charge in [0.1, 0.15) is 0 Å². The van der Waals surface area contributed by atoms with Crippen molar-refractivity contribution in [1.29, 1.82) is 0 Å². The smallest absolute Gasteiger partial charge is 0.255 e. The van der Waals surface area contributed by atoms with Gasteiger partial charge < -0.3 is 15.3 Å². The summed E-state index contributed by atoms with van der Waals surface area (Å²) in [6.45, 7) is 8.94. The second-order valence-electron chi connectivity index (χ2n) is 10.7. The number of H-pyrrole nitrogens is 1. The molecule has 3 aromatic rings. The van der Waals surface area contributed by atoms with E-state index in [0.29, 0.717) is 12.1 Å². The van der Waals surface area contributed by atoms with E-state index in [2.05, 4.69) is 35.4 Å². The van der Waals surface area contributed by atoms with E-state index in [-0.39, 0.29) is 29.8 Å². The highest BCUT2D eigenvalue weighted by Gasteiger charge is 2.35. The number of benzene rings is 2. The minimum absolute atomic E-state index is 0.0196. The topological polar surface area (TPSA) is 98.3 Å². The standard InChI is InChI=1S/C28H32N4O3/c1-16(33)14-29-26(34)19-7-5-18(6-8-19)17(2)32-15-21-11-20(9-10-22(21)27(32)35)25-23-12-28(3,4)13-24(23)30-31-25/h5-11,16-17,33H,12-15H2,1-4H3,(H,29,34)(H,30,31)/t16?,17-/m1/s1. The summed E-state index contributed by atoms with van der Waals surface area (Å²) in [6.07, 6.45) is 1.41. The number of aliphatic hydroxyl groups is 1. The van der Waals surface area contributed by atoms with E-state index >= 15 is 0 Å². The van der Waals surface area contributed by atoms with Crippen LogP contribution in [0.25, 0.3) is 11.3 Å². The van der Waals surface area contributed by atoms with Crippen molar-refractivity contribution < 1.29 is 14.7 Å². The largest absolute Gasteiger partial charge is 0.392 e. The third-order valence-electron chi connectivity index (χ3n) is 7.15. The lowest BCUT2D eigenvalue weighted by atomic mass is 9.90. The molecule has 0 fully saturated rings. The van der Waals surface area contributed by atoms with Crippen LogP contribution in [0.3, 0.4) is 0 Å². The van der Waals surface area contributed by atoms with Crippen molar-refractivity contribution in [3.63, 3.8) is 0 Å². The molecule has 35 heavy (non-hydrogen) atoms. The van der Waals surface area contributed by atoms with E-state index in [1.807, 2.05) is 36.1 Å². The Hall–Kier alpha value is -3.45. The van der Waals surface area contributed by atoms with Crippen molar-refractivity contribution in [3.05, 3.63) is 76.0 Å². The van der Waals surface area contributed by atoms with Crippen LogP contribution in [0, 0.1) is 5.41 Å². The molecule has 2 atom stereocenters. The van der Waals surface area contributed by atoms with Crippen molar-refractivity contribution >= 4 is 11.8 Å². The Labute approximate surface area is 205 Å². The summed E-state index contributed by atoms with van der Waals surface area (Å²) in [7, 11) is 0. The molecule has 0 radical (unpaired) electrons.